The summed E-state index contributed by atoms with van der Waals surface area (Å²) in [6, 6.07) is 1.94. The maximum atomic E-state index is 12.0. The van der Waals surface area contributed by atoms with Gasteiger partial charge in [-0.25, -0.2) is 13.1 Å². The summed E-state index contributed by atoms with van der Waals surface area (Å²) in [5, 5.41) is 4.88. The molecular weight excluding hydrogens is 324 g/mol. The number of nitrogens with one attached hydrogen (secondary N) is 2. The standard InChI is InChI=1S/C10H15BrN2O2S2/c11-8-5-9(16-7-8)6-13-17(14,15)10-1-3-12-4-2-10/h5,7,10,12-13H,1-4,6H2. The maximum Gasteiger partial charge on any atom is 0.214 e. The zero-order valence-electron chi connectivity index (χ0n) is 9.28. The van der Waals surface area contributed by atoms with E-state index in [9.17, 15) is 8.42 Å². The Bertz CT molecular complexity index is 466. The molecule has 1 aromatic heterocycles. The van der Waals surface area contributed by atoms with Gasteiger partial charge in [0, 0.05) is 21.3 Å². The smallest absolute Gasteiger partial charge is 0.214 e. The Morgan fingerprint density at radius 2 is 2.18 bits per heavy atom. The van der Waals surface area contributed by atoms with Crippen LogP contribution in [-0.4, -0.2) is 26.8 Å². The Morgan fingerprint density at radius 3 is 2.76 bits per heavy atom. The lowest BCUT2D eigenvalue weighted by Crippen LogP contribution is -2.41. The minimum atomic E-state index is -3.17. The number of thiophene rings is 1. The predicted molar refractivity (Wildman–Crippen MR) is 73.7 cm³/mol. The molecule has 0 aliphatic carbocycles. The molecular formula is C10H15BrN2O2S2. The van der Waals surface area contributed by atoms with Gasteiger partial charge in [-0.3, -0.25) is 0 Å². The second-order valence-corrected chi connectivity index (χ2v) is 8.00. The maximum absolute atomic E-state index is 12.0. The van der Waals surface area contributed by atoms with E-state index < -0.39 is 10.0 Å². The van der Waals surface area contributed by atoms with Crippen LogP contribution in [0.3, 0.4) is 0 Å². The minimum Gasteiger partial charge on any atom is -0.317 e. The second-order valence-electron chi connectivity index (χ2n) is 4.05. The Hall–Kier alpha value is 0.0500. The number of rotatable bonds is 4. The minimum absolute atomic E-state index is 0.243. The molecule has 0 aromatic carbocycles. The molecule has 2 N–H and O–H groups in total. The van der Waals surface area contributed by atoms with Crippen molar-refractivity contribution in [1.29, 1.82) is 0 Å². The summed E-state index contributed by atoms with van der Waals surface area (Å²) in [6.07, 6.45) is 1.40. The molecule has 0 atom stereocenters. The molecule has 0 amide bonds. The van der Waals surface area contributed by atoms with Gasteiger partial charge in [-0.15, -0.1) is 11.3 Å². The summed E-state index contributed by atoms with van der Waals surface area (Å²) in [5.74, 6) is 0. The van der Waals surface area contributed by atoms with Gasteiger partial charge in [0.15, 0.2) is 0 Å². The van der Waals surface area contributed by atoms with Crippen molar-refractivity contribution in [3.05, 3.63) is 20.8 Å². The van der Waals surface area contributed by atoms with Crippen molar-refractivity contribution in [2.75, 3.05) is 13.1 Å². The molecule has 0 saturated carbocycles. The number of hydrogen-bond acceptors (Lipinski definition) is 4. The number of halogens is 1. The van der Waals surface area contributed by atoms with Crippen molar-refractivity contribution in [2.45, 2.75) is 24.6 Å². The average Bonchev–Trinajstić information content (AvgIpc) is 2.74. The van der Waals surface area contributed by atoms with E-state index in [-0.39, 0.29) is 5.25 Å². The van der Waals surface area contributed by atoms with E-state index in [0.717, 1.165) is 22.4 Å². The highest BCUT2D eigenvalue weighted by Gasteiger charge is 2.26. The Balaban J connectivity index is 1.92. The normalized spacial score (nSPS) is 18.4. The van der Waals surface area contributed by atoms with Crippen LogP contribution in [0.15, 0.2) is 15.9 Å². The van der Waals surface area contributed by atoms with Gasteiger partial charge >= 0.3 is 0 Å². The van der Waals surface area contributed by atoms with E-state index in [1.165, 1.54) is 0 Å². The number of piperidine rings is 1. The molecule has 1 fully saturated rings. The molecule has 0 radical (unpaired) electrons. The highest BCUT2D eigenvalue weighted by atomic mass is 79.9. The molecule has 96 valence electrons. The molecule has 2 rings (SSSR count). The predicted octanol–water partition coefficient (Wildman–Crippen LogP) is 1.68. The van der Waals surface area contributed by atoms with E-state index in [1.807, 2.05) is 11.4 Å². The van der Waals surface area contributed by atoms with Crippen LogP contribution < -0.4 is 10.0 Å². The lowest BCUT2D eigenvalue weighted by Gasteiger charge is -2.22. The first-order chi connectivity index (χ1) is 8.08. The molecule has 1 aromatic rings. The Kier molecular flexibility index (Phi) is 4.59. The van der Waals surface area contributed by atoms with E-state index in [0.29, 0.717) is 19.4 Å². The Morgan fingerprint density at radius 1 is 1.47 bits per heavy atom. The van der Waals surface area contributed by atoms with Crippen LogP contribution in [0.5, 0.6) is 0 Å². The average molecular weight is 339 g/mol. The van der Waals surface area contributed by atoms with Crippen molar-refractivity contribution in [2.24, 2.45) is 0 Å². The summed E-state index contributed by atoms with van der Waals surface area (Å²) in [4.78, 5) is 1.02. The van der Waals surface area contributed by atoms with Crippen LogP contribution in [0.25, 0.3) is 0 Å². The molecule has 4 nitrogen and oxygen atoms in total. The van der Waals surface area contributed by atoms with Gasteiger partial charge in [0.2, 0.25) is 10.0 Å². The molecule has 2 heterocycles. The van der Waals surface area contributed by atoms with E-state index in [1.54, 1.807) is 11.3 Å². The van der Waals surface area contributed by atoms with Gasteiger partial charge in [0.1, 0.15) is 0 Å². The molecule has 0 spiro atoms. The van der Waals surface area contributed by atoms with Gasteiger partial charge in [-0.1, -0.05) is 0 Å². The van der Waals surface area contributed by atoms with E-state index >= 15 is 0 Å². The van der Waals surface area contributed by atoms with Crippen LogP contribution in [-0.2, 0) is 16.6 Å². The Labute approximate surface area is 114 Å². The lowest BCUT2D eigenvalue weighted by atomic mass is 10.2. The summed E-state index contributed by atoms with van der Waals surface area (Å²) in [7, 11) is -3.17. The largest absolute Gasteiger partial charge is 0.317 e. The lowest BCUT2D eigenvalue weighted by molar-refractivity contribution is 0.489. The summed E-state index contributed by atoms with van der Waals surface area (Å²) >= 11 is 4.90. The SMILES string of the molecule is O=S(=O)(NCc1cc(Br)cs1)C1CCNCC1. The topological polar surface area (TPSA) is 58.2 Å². The van der Waals surface area contributed by atoms with Crippen molar-refractivity contribution >= 4 is 37.3 Å². The van der Waals surface area contributed by atoms with Gasteiger partial charge in [-0.2, -0.15) is 0 Å². The zero-order valence-corrected chi connectivity index (χ0v) is 12.5. The van der Waals surface area contributed by atoms with E-state index in [4.69, 9.17) is 0 Å². The van der Waals surface area contributed by atoms with Crippen molar-refractivity contribution in [3.8, 4) is 0 Å². The zero-order chi connectivity index (χ0) is 12.3. The molecule has 1 saturated heterocycles. The van der Waals surface area contributed by atoms with Crippen LogP contribution >= 0.6 is 27.3 Å². The van der Waals surface area contributed by atoms with Crippen LogP contribution in [0.2, 0.25) is 0 Å². The van der Waals surface area contributed by atoms with Gasteiger partial charge in [0.05, 0.1) is 5.25 Å². The first-order valence-electron chi connectivity index (χ1n) is 5.50. The third kappa shape index (κ3) is 3.75. The third-order valence-corrected chi connectivity index (χ3v) is 6.39. The van der Waals surface area contributed by atoms with Gasteiger partial charge in [0.25, 0.3) is 0 Å². The monoisotopic (exact) mass is 338 g/mol. The fourth-order valence-corrected chi connectivity index (χ4v) is 4.77. The van der Waals surface area contributed by atoms with Crippen LogP contribution in [0, 0.1) is 0 Å². The fraction of sp³-hybridized carbons (Fsp3) is 0.600. The molecule has 0 bridgehead atoms. The number of hydrogen-bond donors (Lipinski definition) is 2. The van der Waals surface area contributed by atoms with Gasteiger partial charge < -0.3 is 5.32 Å². The van der Waals surface area contributed by atoms with Gasteiger partial charge in [-0.05, 0) is 47.9 Å². The van der Waals surface area contributed by atoms with Crippen LogP contribution in [0.1, 0.15) is 17.7 Å². The van der Waals surface area contributed by atoms with Crippen molar-refractivity contribution in [3.63, 3.8) is 0 Å². The quantitative estimate of drug-likeness (QED) is 0.878. The van der Waals surface area contributed by atoms with Crippen molar-refractivity contribution in [1.82, 2.24) is 10.0 Å². The molecule has 1 aliphatic rings. The molecule has 1 aliphatic heterocycles. The third-order valence-electron chi connectivity index (χ3n) is 2.79. The number of sulfonamides is 1. The molecule has 7 heteroatoms. The molecule has 17 heavy (non-hydrogen) atoms. The van der Waals surface area contributed by atoms with E-state index in [2.05, 4.69) is 26.0 Å². The second kappa shape index (κ2) is 5.79. The summed E-state index contributed by atoms with van der Waals surface area (Å²) < 4.78 is 27.7. The fourth-order valence-electron chi connectivity index (χ4n) is 1.84. The first-order valence-corrected chi connectivity index (χ1v) is 8.72. The molecule has 0 unspecified atom stereocenters. The summed E-state index contributed by atoms with van der Waals surface area (Å²) in [5.41, 5.74) is 0. The van der Waals surface area contributed by atoms with Crippen LogP contribution in [0.4, 0.5) is 0 Å². The first kappa shape index (κ1) is 13.5. The highest BCUT2D eigenvalue weighted by molar-refractivity contribution is 9.10. The highest BCUT2D eigenvalue weighted by Crippen LogP contribution is 2.20. The summed E-state index contributed by atoms with van der Waals surface area (Å²) in [6.45, 7) is 1.97. The van der Waals surface area contributed by atoms with Crippen molar-refractivity contribution < 1.29 is 8.42 Å².